The SMILES string of the molecule is CCCCCCCC/C=C\C/C=C\C/C=C\CCOC(C)=O. The van der Waals surface area contributed by atoms with E-state index in [1.54, 1.807) is 0 Å². The second kappa shape index (κ2) is 17.7. The van der Waals surface area contributed by atoms with E-state index in [1.807, 2.05) is 0 Å². The molecule has 2 heteroatoms. The lowest BCUT2D eigenvalue weighted by Crippen LogP contribution is -1.98. The zero-order valence-electron chi connectivity index (χ0n) is 14.6. The van der Waals surface area contributed by atoms with Crippen LogP contribution in [0.25, 0.3) is 0 Å². The van der Waals surface area contributed by atoms with E-state index >= 15 is 0 Å². The first-order valence-electron chi connectivity index (χ1n) is 8.85. The molecule has 0 atom stereocenters. The van der Waals surface area contributed by atoms with Crippen LogP contribution in [0.3, 0.4) is 0 Å². The molecule has 0 aromatic carbocycles. The molecule has 0 heterocycles. The van der Waals surface area contributed by atoms with Crippen LogP contribution in [0.2, 0.25) is 0 Å². The number of unbranched alkanes of at least 4 members (excludes halogenated alkanes) is 6. The molecule has 0 aromatic heterocycles. The summed E-state index contributed by atoms with van der Waals surface area (Å²) in [5, 5.41) is 0. The predicted octanol–water partition coefficient (Wildman–Crippen LogP) is 6.14. The van der Waals surface area contributed by atoms with Gasteiger partial charge in [-0.2, -0.15) is 0 Å². The van der Waals surface area contributed by atoms with Crippen LogP contribution in [-0.4, -0.2) is 12.6 Å². The van der Waals surface area contributed by atoms with Crippen molar-refractivity contribution in [1.29, 1.82) is 0 Å². The van der Waals surface area contributed by atoms with Crippen molar-refractivity contribution in [2.75, 3.05) is 6.61 Å². The second-order valence-corrected chi connectivity index (χ2v) is 5.57. The Bertz CT molecular complexity index is 327. The molecule has 0 aliphatic carbocycles. The van der Waals surface area contributed by atoms with Gasteiger partial charge in [0.15, 0.2) is 0 Å². The molecule has 22 heavy (non-hydrogen) atoms. The van der Waals surface area contributed by atoms with E-state index in [9.17, 15) is 4.79 Å². The van der Waals surface area contributed by atoms with Crippen LogP contribution in [0.15, 0.2) is 36.5 Å². The Hall–Kier alpha value is -1.31. The first-order valence-corrected chi connectivity index (χ1v) is 8.85. The summed E-state index contributed by atoms with van der Waals surface area (Å²) in [4.78, 5) is 10.5. The van der Waals surface area contributed by atoms with Crippen molar-refractivity contribution >= 4 is 5.97 Å². The van der Waals surface area contributed by atoms with Crippen LogP contribution >= 0.6 is 0 Å². The van der Waals surface area contributed by atoms with Crippen LogP contribution in [0, 0.1) is 0 Å². The van der Waals surface area contributed by atoms with Gasteiger partial charge in [-0.1, -0.05) is 75.5 Å². The first kappa shape index (κ1) is 20.7. The molecule has 0 unspecified atom stereocenters. The maximum Gasteiger partial charge on any atom is 0.302 e. The summed E-state index contributed by atoms with van der Waals surface area (Å²) in [7, 11) is 0. The quantitative estimate of drug-likeness (QED) is 0.219. The minimum Gasteiger partial charge on any atom is -0.466 e. The van der Waals surface area contributed by atoms with Crippen molar-refractivity contribution < 1.29 is 9.53 Å². The maximum atomic E-state index is 10.5. The second-order valence-electron chi connectivity index (χ2n) is 5.57. The van der Waals surface area contributed by atoms with Crippen LogP contribution < -0.4 is 0 Å². The third kappa shape index (κ3) is 18.7. The Labute approximate surface area is 137 Å². The van der Waals surface area contributed by atoms with Gasteiger partial charge in [-0.15, -0.1) is 0 Å². The van der Waals surface area contributed by atoms with Gasteiger partial charge in [0, 0.05) is 6.92 Å². The van der Waals surface area contributed by atoms with Gasteiger partial charge >= 0.3 is 5.97 Å². The minimum atomic E-state index is -0.207. The molecule has 0 fully saturated rings. The molecule has 0 aliphatic heterocycles. The van der Waals surface area contributed by atoms with Crippen molar-refractivity contribution in [3.63, 3.8) is 0 Å². The molecule has 0 bridgehead atoms. The molecule has 126 valence electrons. The van der Waals surface area contributed by atoms with Crippen LogP contribution in [0.5, 0.6) is 0 Å². The van der Waals surface area contributed by atoms with E-state index in [1.165, 1.54) is 51.9 Å². The highest BCUT2D eigenvalue weighted by Gasteiger charge is 1.88. The zero-order valence-corrected chi connectivity index (χ0v) is 14.6. The van der Waals surface area contributed by atoms with Gasteiger partial charge in [-0.25, -0.2) is 0 Å². The summed E-state index contributed by atoms with van der Waals surface area (Å²) in [5.74, 6) is -0.207. The number of rotatable bonds is 14. The zero-order chi connectivity index (χ0) is 16.3. The molecule has 0 saturated heterocycles. The highest BCUT2D eigenvalue weighted by molar-refractivity contribution is 5.65. The van der Waals surface area contributed by atoms with E-state index in [-0.39, 0.29) is 5.97 Å². The number of ether oxygens (including phenoxy) is 1. The molecule has 0 aliphatic rings. The van der Waals surface area contributed by atoms with Crippen molar-refractivity contribution in [2.24, 2.45) is 0 Å². The van der Waals surface area contributed by atoms with Crippen LogP contribution in [0.1, 0.15) is 78.1 Å². The lowest BCUT2D eigenvalue weighted by Gasteiger charge is -1.97. The smallest absolute Gasteiger partial charge is 0.302 e. The standard InChI is InChI=1S/C20H34O2/c1-3-4-5-6-7-8-9-10-11-12-13-14-15-16-17-18-19-22-20(2)21/h10-11,13-14,16-17H,3-9,12,15,18-19H2,1-2H3/b11-10-,14-13-,17-16-. The van der Waals surface area contributed by atoms with E-state index in [2.05, 4.69) is 43.4 Å². The number of allylic oxidation sites excluding steroid dienone is 5. The number of carbonyl (C=O) groups excluding carboxylic acids is 1. The summed E-state index contributed by atoms with van der Waals surface area (Å²) >= 11 is 0. The molecule has 0 rings (SSSR count). The largest absolute Gasteiger partial charge is 0.466 e. The van der Waals surface area contributed by atoms with Crippen molar-refractivity contribution in [2.45, 2.75) is 78.1 Å². The molecule has 0 aromatic rings. The van der Waals surface area contributed by atoms with E-state index in [0.717, 1.165) is 19.3 Å². The molecule has 0 spiro atoms. The highest BCUT2D eigenvalue weighted by Crippen LogP contribution is 2.07. The average molecular weight is 306 g/mol. The topological polar surface area (TPSA) is 26.3 Å². The van der Waals surface area contributed by atoms with Gasteiger partial charge in [-0.3, -0.25) is 4.79 Å². The Morgan fingerprint density at radius 1 is 0.773 bits per heavy atom. The Balaban J connectivity index is 3.30. The summed E-state index contributed by atoms with van der Waals surface area (Å²) in [6.45, 7) is 4.18. The van der Waals surface area contributed by atoms with Gasteiger partial charge in [0.1, 0.15) is 0 Å². The van der Waals surface area contributed by atoms with Crippen LogP contribution in [0.4, 0.5) is 0 Å². The number of esters is 1. The molecule has 0 radical (unpaired) electrons. The van der Waals surface area contributed by atoms with Gasteiger partial charge in [0.2, 0.25) is 0 Å². The number of carbonyl (C=O) groups is 1. The lowest BCUT2D eigenvalue weighted by molar-refractivity contribution is -0.140. The monoisotopic (exact) mass is 306 g/mol. The van der Waals surface area contributed by atoms with Crippen molar-refractivity contribution in [3.8, 4) is 0 Å². The van der Waals surface area contributed by atoms with Crippen molar-refractivity contribution in [3.05, 3.63) is 36.5 Å². The summed E-state index contributed by atoms with van der Waals surface area (Å²) < 4.78 is 4.84. The Morgan fingerprint density at radius 2 is 1.32 bits per heavy atom. The average Bonchev–Trinajstić information content (AvgIpc) is 2.50. The summed E-state index contributed by atoms with van der Waals surface area (Å²) in [5.41, 5.74) is 0. The van der Waals surface area contributed by atoms with E-state index in [4.69, 9.17) is 4.74 Å². The fourth-order valence-corrected chi connectivity index (χ4v) is 2.09. The normalized spacial score (nSPS) is 11.9. The first-order chi connectivity index (χ1) is 10.8. The predicted molar refractivity (Wildman–Crippen MR) is 95.9 cm³/mol. The maximum absolute atomic E-state index is 10.5. The van der Waals surface area contributed by atoms with Crippen molar-refractivity contribution in [1.82, 2.24) is 0 Å². The van der Waals surface area contributed by atoms with E-state index < -0.39 is 0 Å². The third-order valence-electron chi connectivity index (χ3n) is 3.36. The minimum absolute atomic E-state index is 0.207. The Morgan fingerprint density at radius 3 is 1.95 bits per heavy atom. The number of hydrogen-bond acceptors (Lipinski definition) is 2. The van der Waals surface area contributed by atoms with Gasteiger partial charge in [0.05, 0.1) is 6.61 Å². The molecule has 0 saturated carbocycles. The highest BCUT2D eigenvalue weighted by atomic mass is 16.5. The molecule has 2 nitrogen and oxygen atoms in total. The summed E-state index contributed by atoms with van der Waals surface area (Å²) in [6, 6.07) is 0. The van der Waals surface area contributed by atoms with Gasteiger partial charge in [-0.05, 0) is 32.1 Å². The fraction of sp³-hybridized carbons (Fsp3) is 0.650. The molecular weight excluding hydrogens is 272 g/mol. The molecule has 0 amide bonds. The number of hydrogen-bond donors (Lipinski definition) is 0. The van der Waals surface area contributed by atoms with Gasteiger partial charge in [0.25, 0.3) is 0 Å². The van der Waals surface area contributed by atoms with Gasteiger partial charge < -0.3 is 4.74 Å². The molecular formula is C20H34O2. The third-order valence-corrected chi connectivity index (χ3v) is 3.36. The Kier molecular flexibility index (Phi) is 16.7. The fourth-order valence-electron chi connectivity index (χ4n) is 2.09. The summed E-state index contributed by atoms with van der Waals surface area (Å²) in [6.07, 6.45) is 25.3. The van der Waals surface area contributed by atoms with E-state index in [0.29, 0.717) is 6.61 Å². The van der Waals surface area contributed by atoms with Crippen LogP contribution in [-0.2, 0) is 9.53 Å². The lowest BCUT2D eigenvalue weighted by atomic mass is 10.1. The molecule has 0 N–H and O–H groups in total.